The van der Waals surface area contributed by atoms with E-state index in [2.05, 4.69) is 15.2 Å². The predicted octanol–water partition coefficient (Wildman–Crippen LogP) is 0.780. The van der Waals surface area contributed by atoms with Gasteiger partial charge in [0.15, 0.2) is 0 Å². The maximum atomic E-state index is 5.67. The maximum absolute atomic E-state index is 5.67. The van der Waals surface area contributed by atoms with Crippen LogP contribution >= 0.6 is 11.8 Å². The minimum Gasteiger partial charge on any atom is -0.243 e. The van der Waals surface area contributed by atoms with Gasteiger partial charge in [0.2, 0.25) is 0 Å². The topological polar surface area (TPSA) is 43.6 Å². The summed E-state index contributed by atoms with van der Waals surface area (Å²) in [5.74, 6) is 0. The van der Waals surface area contributed by atoms with Gasteiger partial charge in [0.1, 0.15) is 17.7 Å². The molecule has 0 atom stereocenters. The zero-order valence-corrected chi connectivity index (χ0v) is 5.65. The van der Waals surface area contributed by atoms with Crippen molar-refractivity contribution >= 4 is 11.8 Å². The standard InChI is InChI=1S/C5H3ClN4/c6-10-3-7-1-4-5(10)2-8-9-4/h1-3H. The van der Waals surface area contributed by atoms with Crippen LogP contribution in [0, 0.1) is 0 Å². The molecule has 0 bridgehead atoms. The van der Waals surface area contributed by atoms with Gasteiger partial charge in [-0.2, -0.15) is 5.10 Å². The molecule has 0 aliphatic carbocycles. The largest absolute Gasteiger partial charge is 0.243 e. The highest BCUT2D eigenvalue weighted by molar-refractivity contribution is 6.16. The number of hydrogen-bond acceptors (Lipinski definition) is 3. The molecule has 0 aromatic carbocycles. The fraction of sp³-hybridized carbons (Fsp3) is 0. The van der Waals surface area contributed by atoms with Crippen molar-refractivity contribution < 1.29 is 0 Å². The van der Waals surface area contributed by atoms with Crippen LogP contribution in [0.5, 0.6) is 0 Å². The van der Waals surface area contributed by atoms with Crippen molar-refractivity contribution in [3.8, 4) is 11.4 Å². The molecule has 2 aliphatic rings. The molecule has 5 heteroatoms. The third-order valence-corrected chi connectivity index (χ3v) is 1.47. The van der Waals surface area contributed by atoms with Crippen molar-refractivity contribution in [2.75, 3.05) is 0 Å². The van der Waals surface area contributed by atoms with E-state index in [-0.39, 0.29) is 0 Å². The van der Waals surface area contributed by atoms with Crippen molar-refractivity contribution in [1.82, 2.24) is 19.3 Å². The molecule has 4 nitrogen and oxygen atoms in total. The smallest absolute Gasteiger partial charge is 0.131 e. The Morgan fingerprint density at radius 2 is 2.30 bits per heavy atom. The highest BCUT2D eigenvalue weighted by Crippen LogP contribution is 2.15. The van der Waals surface area contributed by atoms with Crippen molar-refractivity contribution in [3.05, 3.63) is 18.7 Å². The van der Waals surface area contributed by atoms with Gasteiger partial charge in [-0.3, -0.25) is 0 Å². The van der Waals surface area contributed by atoms with E-state index in [9.17, 15) is 0 Å². The Morgan fingerprint density at radius 3 is 3.10 bits per heavy atom. The van der Waals surface area contributed by atoms with Gasteiger partial charge >= 0.3 is 0 Å². The summed E-state index contributed by atoms with van der Waals surface area (Å²) < 4.78 is 1.36. The fourth-order valence-electron chi connectivity index (χ4n) is 0.744. The van der Waals surface area contributed by atoms with Crippen LogP contribution in [0.2, 0.25) is 0 Å². The zero-order chi connectivity index (χ0) is 6.97. The SMILES string of the molecule is Cln1cncc2nncc1-2. The van der Waals surface area contributed by atoms with Crippen molar-refractivity contribution in [2.45, 2.75) is 0 Å². The first kappa shape index (κ1) is 5.61. The van der Waals surface area contributed by atoms with Crippen LogP contribution in [-0.4, -0.2) is 19.3 Å². The predicted molar refractivity (Wildman–Crippen MR) is 35.7 cm³/mol. The highest BCUT2D eigenvalue weighted by Gasteiger charge is 2.06. The van der Waals surface area contributed by atoms with Crippen LogP contribution in [-0.2, 0) is 0 Å². The van der Waals surface area contributed by atoms with Gasteiger partial charge < -0.3 is 0 Å². The summed E-state index contributed by atoms with van der Waals surface area (Å²) in [7, 11) is 0. The van der Waals surface area contributed by atoms with E-state index >= 15 is 0 Å². The summed E-state index contributed by atoms with van der Waals surface area (Å²) in [6.45, 7) is 0. The molecule has 0 N–H and O–H groups in total. The summed E-state index contributed by atoms with van der Waals surface area (Å²) in [6, 6.07) is 0. The Labute approximate surface area is 61.9 Å². The quantitative estimate of drug-likeness (QED) is 0.563. The van der Waals surface area contributed by atoms with Crippen LogP contribution in [0.3, 0.4) is 0 Å². The lowest BCUT2D eigenvalue weighted by atomic mass is 10.4. The van der Waals surface area contributed by atoms with Gasteiger partial charge in [0.05, 0.1) is 12.4 Å². The second-order valence-corrected chi connectivity index (χ2v) is 2.18. The maximum Gasteiger partial charge on any atom is 0.131 e. The molecule has 0 amide bonds. The number of rotatable bonds is 0. The minimum absolute atomic E-state index is 0.706. The first-order valence-electron chi connectivity index (χ1n) is 2.68. The Bertz CT molecular complexity index is 318. The summed E-state index contributed by atoms with van der Waals surface area (Å²) in [4.78, 5) is 3.81. The first-order valence-corrected chi connectivity index (χ1v) is 3.01. The Hall–Kier alpha value is -1.16. The third kappa shape index (κ3) is 0.657. The molecule has 2 aliphatic heterocycles. The van der Waals surface area contributed by atoms with Crippen LogP contribution in [0.25, 0.3) is 11.4 Å². The molecule has 0 spiro atoms. The molecule has 0 fully saturated rings. The number of halogens is 1. The average molecular weight is 155 g/mol. The van der Waals surface area contributed by atoms with E-state index in [0.717, 1.165) is 5.69 Å². The Balaban J connectivity index is 2.80. The Morgan fingerprint density at radius 1 is 1.40 bits per heavy atom. The fourth-order valence-corrected chi connectivity index (χ4v) is 0.925. The van der Waals surface area contributed by atoms with Gasteiger partial charge in [0.25, 0.3) is 0 Å². The lowest BCUT2D eigenvalue weighted by Gasteiger charge is -1.97. The van der Waals surface area contributed by atoms with Gasteiger partial charge in [0, 0.05) is 11.8 Å². The lowest BCUT2D eigenvalue weighted by Crippen LogP contribution is -1.90. The molecule has 0 aromatic heterocycles. The Kier molecular flexibility index (Phi) is 1.07. The van der Waals surface area contributed by atoms with E-state index in [0.29, 0.717) is 5.69 Å². The van der Waals surface area contributed by atoms with E-state index in [1.165, 1.54) is 10.4 Å². The molecular weight excluding hydrogens is 152 g/mol. The summed E-state index contributed by atoms with van der Waals surface area (Å²) in [6.07, 6.45) is 4.69. The molecule has 0 saturated carbocycles. The van der Waals surface area contributed by atoms with Crippen molar-refractivity contribution in [3.63, 3.8) is 0 Å². The monoisotopic (exact) mass is 154 g/mol. The van der Waals surface area contributed by atoms with Crippen LogP contribution in [0.1, 0.15) is 0 Å². The summed E-state index contributed by atoms with van der Waals surface area (Å²) in [5.41, 5.74) is 1.48. The van der Waals surface area contributed by atoms with E-state index < -0.39 is 0 Å². The second kappa shape index (κ2) is 1.91. The molecule has 0 saturated heterocycles. The third-order valence-electron chi connectivity index (χ3n) is 1.20. The highest BCUT2D eigenvalue weighted by atomic mass is 35.5. The summed E-state index contributed by atoms with van der Waals surface area (Å²) in [5, 5.41) is 7.43. The van der Waals surface area contributed by atoms with Gasteiger partial charge in [-0.25, -0.2) is 9.07 Å². The van der Waals surface area contributed by atoms with Crippen LogP contribution in [0.15, 0.2) is 18.7 Å². The number of aromatic nitrogens is 4. The molecular formula is C5H3ClN4. The minimum atomic E-state index is 0.706. The molecule has 0 radical (unpaired) electrons. The van der Waals surface area contributed by atoms with Gasteiger partial charge in [-0.1, -0.05) is 0 Å². The van der Waals surface area contributed by atoms with Crippen LogP contribution in [0.4, 0.5) is 0 Å². The van der Waals surface area contributed by atoms with Crippen molar-refractivity contribution in [2.24, 2.45) is 0 Å². The van der Waals surface area contributed by atoms with Gasteiger partial charge in [-0.15, -0.1) is 5.10 Å². The molecule has 10 heavy (non-hydrogen) atoms. The molecule has 2 heterocycles. The number of hydrogen-bond donors (Lipinski definition) is 0. The summed E-state index contributed by atoms with van der Waals surface area (Å²) >= 11 is 5.67. The van der Waals surface area contributed by atoms with Crippen LogP contribution < -0.4 is 0 Å². The molecule has 50 valence electrons. The molecule has 0 unspecified atom stereocenters. The normalized spacial score (nSPS) is 10.5. The second-order valence-electron chi connectivity index (χ2n) is 1.82. The van der Waals surface area contributed by atoms with E-state index in [4.69, 9.17) is 11.8 Å². The average Bonchev–Trinajstić information content (AvgIpc) is 2.36. The molecule has 0 aromatic rings. The lowest BCUT2D eigenvalue weighted by molar-refractivity contribution is 1.07. The first-order chi connectivity index (χ1) is 4.88. The van der Waals surface area contributed by atoms with Crippen molar-refractivity contribution in [1.29, 1.82) is 0 Å². The zero-order valence-electron chi connectivity index (χ0n) is 4.90. The van der Waals surface area contributed by atoms with Gasteiger partial charge in [-0.05, 0) is 0 Å². The number of nitrogens with zero attached hydrogens (tertiary/aromatic N) is 4. The molecule has 2 rings (SSSR count). The van der Waals surface area contributed by atoms with E-state index in [1.54, 1.807) is 12.4 Å². The van der Waals surface area contributed by atoms with E-state index in [1.807, 2.05) is 0 Å². The number of fused-ring (bicyclic) bond motifs is 1.